The Morgan fingerprint density at radius 1 is 1.12 bits per heavy atom. The van der Waals surface area contributed by atoms with E-state index >= 15 is 0 Å². The van der Waals surface area contributed by atoms with Crippen LogP contribution in [-0.2, 0) is 9.59 Å². The number of carbonyl (C=O) groups excluding carboxylic acids is 2. The largest absolute Gasteiger partial charge is 0.503 e. The Kier molecular flexibility index (Phi) is 4.06. The lowest BCUT2D eigenvalue weighted by Gasteiger charge is -2.26. The number of amides is 1. The second-order valence-corrected chi connectivity index (χ2v) is 5.58. The third-order valence-electron chi connectivity index (χ3n) is 4.04. The first-order valence-corrected chi connectivity index (χ1v) is 7.49. The van der Waals surface area contributed by atoms with Gasteiger partial charge in [0.25, 0.3) is 11.6 Å². The fraction of sp³-hybridized carbons (Fsp3) is 0.111. The SMILES string of the molecule is CC(=O)C1=C(O)C(=O)N(c2ccccc2)C1c1ccc([N+](=O)[O-])cc1. The van der Waals surface area contributed by atoms with E-state index in [1.807, 2.05) is 0 Å². The number of hydrogen-bond acceptors (Lipinski definition) is 5. The monoisotopic (exact) mass is 338 g/mol. The summed E-state index contributed by atoms with van der Waals surface area (Å²) >= 11 is 0. The molecule has 1 heterocycles. The van der Waals surface area contributed by atoms with Gasteiger partial charge in [0.15, 0.2) is 11.5 Å². The standard InChI is InChI=1S/C18H14N2O5/c1-11(21)15-16(12-7-9-14(10-8-12)20(24)25)19(18(23)17(15)22)13-5-3-2-4-6-13/h2-10,16,22H,1H3. The maximum atomic E-state index is 12.5. The van der Waals surface area contributed by atoms with Gasteiger partial charge in [-0.3, -0.25) is 24.6 Å². The molecule has 0 aliphatic carbocycles. The molecule has 3 rings (SSSR count). The quantitative estimate of drug-likeness (QED) is 0.682. The Hall–Kier alpha value is -3.48. The number of nitro benzene ring substituents is 1. The van der Waals surface area contributed by atoms with Gasteiger partial charge >= 0.3 is 0 Å². The number of carbonyl (C=O) groups is 2. The number of aliphatic hydroxyl groups excluding tert-OH is 1. The summed E-state index contributed by atoms with van der Waals surface area (Å²) in [6.07, 6.45) is 0. The van der Waals surface area contributed by atoms with Crippen molar-refractivity contribution >= 4 is 23.1 Å². The van der Waals surface area contributed by atoms with E-state index in [1.54, 1.807) is 30.3 Å². The highest BCUT2D eigenvalue weighted by atomic mass is 16.6. The first kappa shape index (κ1) is 16.4. The summed E-state index contributed by atoms with van der Waals surface area (Å²) in [5, 5.41) is 21.0. The number of anilines is 1. The Morgan fingerprint density at radius 3 is 2.24 bits per heavy atom. The van der Waals surface area contributed by atoms with Crippen molar-refractivity contribution in [2.75, 3.05) is 4.90 Å². The zero-order valence-electron chi connectivity index (χ0n) is 13.2. The topological polar surface area (TPSA) is 101 Å². The molecule has 1 atom stereocenters. The lowest BCUT2D eigenvalue weighted by molar-refractivity contribution is -0.384. The van der Waals surface area contributed by atoms with E-state index in [9.17, 15) is 24.8 Å². The van der Waals surface area contributed by atoms with Crippen LogP contribution in [0.3, 0.4) is 0 Å². The van der Waals surface area contributed by atoms with Gasteiger partial charge in [-0.1, -0.05) is 18.2 Å². The number of Topliss-reactive ketones (excluding diaryl/α,β-unsaturated/α-hetero) is 1. The maximum absolute atomic E-state index is 12.5. The average molecular weight is 338 g/mol. The van der Waals surface area contributed by atoms with E-state index in [0.717, 1.165) is 0 Å². The zero-order valence-corrected chi connectivity index (χ0v) is 13.2. The van der Waals surface area contributed by atoms with Crippen LogP contribution in [0, 0.1) is 10.1 Å². The van der Waals surface area contributed by atoms with E-state index in [0.29, 0.717) is 11.3 Å². The summed E-state index contributed by atoms with van der Waals surface area (Å²) in [7, 11) is 0. The molecule has 1 aliphatic heterocycles. The van der Waals surface area contributed by atoms with Crippen LogP contribution in [0.4, 0.5) is 11.4 Å². The highest BCUT2D eigenvalue weighted by molar-refractivity contribution is 6.16. The lowest BCUT2D eigenvalue weighted by atomic mass is 9.96. The van der Waals surface area contributed by atoms with E-state index in [-0.39, 0.29) is 11.3 Å². The lowest BCUT2D eigenvalue weighted by Crippen LogP contribution is -2.30. The molecule has 1 amide bonds. The van der Waals surface area contributed by atoms with Crippen molar-refractivity contribution in [3.8, 4) is 0 Å². The number of benzene rings is 2. The first-order valence-electron chi connectivity index (χ1n) is 7.49. The Bertz CT molecular complexity index is 887. The Morgan fingerprint density at radius 2 is 1.72 bits per heavy atom. The van der Waals surface area contributed by atoms with Crippen molar-refractivity contribution in [3.63, 3.8) is 0 Å². The molecule has 1 N–H and O–H groups in total. The predicted molar refractivity (Wildman–Crippen MR) is 90.1 cm³/mol. The summed E-state index contributed by atoms with van der Waals surface area (Å²) < 4.78 is 0. The summed E-state index contributed by atoms with van der Waals surface area (Å²) in [5.74, 6) is -1.72. The smallest absolute Gasteiger partial charge is 0.294 e. The molecule has 0 fully saturated rings. The van der Waals surface area contributed by atoms with Gasteiger partial charge in [0.2, 0.25) is 0 Å². The fourth-order valence-electron chi connectivity index (χ4n) is 2.91. The van der Waals surface area contributed by atoms with Crippen molar-refractivity contribution in [1.82, 2.24) is 0 Å². The van der Waals surface area contributed by atoms with Crippen LogP contribution < -0.4 is 4.90 Å². The number of nitro groups is 1. The van der Waals surface area contributed by atoms with Crippen LogP contribution in [0.25, 0.3) is 0 Å². The summed E-state index contributed by atoms with van der Waals surface area (Å²) in [4.78, 5) is 36.2. The Labute approximate surface area is 143 Å². The summed E-state index contributed by atoms with van der Waals surface area (Å²) in [6, 6.07) is 13.3. The third-order valence-corrected chi connectivity index (χ3v) is 4.04. The van der Waals surface area contributed by atoms with Crippen LogP contribution >= 0.6 is 0 Å². The second-order valence-electron chi connectivity index (χ2n) is 5.58. The third kappa shape index (κ3) is 2.76. The van der Waals surface area contributed by atoms with Crippen molar-refractivity contribution in [3.05, 3.63) is 81.6 Å². The highest BCUT2D eigenvalue weighted by Gasteiger charge is 2.43. The van der Waals surface area contributed by atoms with Crippen LogP contribution in [0.15, 0.2) is 65.9 Å². The molecule has 2 aromatic rings. The fourth-order valence-corrected chi connectivity index (χ4v) is 2.91. The minimum absolute atomic E-state index is 0.0253. The molecule has 0 saturated heterocycles. The number of ketones is 1. The van der Waals surface area contributed by atoms with Crippen LogP contribution in [0.5, 0.6) is 0 Å². The molecule has 0 radical (unpaired) electrons. The molecule has 25 heavy (non-hydrogen) atoms. The average Bonchev–Trinajstić information content (AvgIpc) is 2.87. The molecule has 0 saturated carbocycles. The summed E-state index contributed by atoms with van der Waals surface area (Å²) in [5.41, 5.74) is 0.885. The van der Waals surface area contributed by atoms with E-state index in [2.05, 4.69) is 0 Å². The van der Waals surface area contributed by atoms with Crippen molar-refractivity contribution in [2.24, 2.45) is 0 Å². The van der Waals surface area contributed by atoms with Gasteiger partial charge in [0.1, 0.15) is 0 Å². The van der Waals surface area contributed by atoms with Gasteiger partial charge in [-0.2, -0.15) is 0 Å². The number of rotatable bonds is 4. The van der Waals surface area contributed by atoms with Crippen LogP contribution in [0.1, 0.15) is 18.5 Å². The number of hydrogen-bond donors (Lipinski definition) is 1. The van der Waals surface area contributed by atoms with Gasteiger partial charge in [-0.05, 0) is 36.8 Å². The minimum Gasteiger partial charge on any atom is -0.503 e. The molecule has 1 unspecified atom stereocenters. The minimum atomic E-state index is -0.840. The molecule has 0 spiro atoms. The van der Waals surface area contributed by atoms with Gasteiger partial charge < -0.3 is 5.11 Å². The van der Waals surface area contributed by atoms with E-state index in [1.165, 1.54) is 36.1 Å². The zero-order chi connectivity index (χ0) is 18.1. The van der Waals surface area contributed by atoms with Gasteiger partial charge in [-0.15, -0.1) is 0 Å². The van der Waals surface area contributed by atoms with Crippen LogP contribution in [-0.4, -0.2) is 21.7 Å². The number of nitrogens with zero attached hydrogens (tertiary/aromatic N) is 2. The predicted octanol–water partition coefficient (Wildman–Crippen LogP) is 3.08. The maximum Gasteiger partial charge on any atom is 0.294 e. The summed E-state index contributed by atoms with van der Waals surface area (Å²) in [6.45, 7) is 1.27. The molecule has 7 nitrogen and oxygen atoms in total. The molecular weight excluding hydrogens is 324 g/mol. The second kappa shape index (κ2) is 6.20. The van der Waals surface area contributed by atoms with Crippen molar-refractivity contribution < 1.29 is 19.6 Å². The van der Waals surface area contributed by atoms with E-state index < -0.39 is 28.4 Å². The molecular formula is C18H14N2O5. The van der Waals surface area contributed by atoms with Gasteiger partial charge in [0, 0.05) is 17.8 Å². The van der Waals surface area contributed by atoms with Gasteiger partial charge in [-0.25, -0.2) is 0 Å². The number of aliphatic hydroxyl groups is 1. The van der Waals surface area contributed by atoms with Crippen LogP contribution in [0.2, 0.25) is 0 Å². The van der Waals surface area contributed by atoms with Gasteiger partial charge in [0.05, 0.1) is 16.5 Å². The molecule has 1 aliphatic rings. The van der Waals surface area contributed by atoms with Crippen molar-refractivity contribution in [2.45, 2.75) is 13.0 Å². The highest BCUT2D eigenvalue weighted by Crippen LogP contribution is 2.41. The normalized spacial score (nSPS) is 17.1. The number of non-ortho nitro benzene ring substituents is 1. The van der Waals surface area contributed by atoms with E-state index in [4.69, 9.17) is 0 Å². The number of para-hydroxylation sites is 1. The molecule has 126 valence electrons. The molecule has 0 bridgehead atoms. The first-order chi connectivity index (χ1) is 11.9. The molecule has 0 aromatic heterocycles. The van der Waals surface area contributed by atoms with Crippen molar-refractivity contribution in [1.29, 1.82) is 0 Å². The Balaban J connectivity index is 2.14. The molecule has 7 heteroatoms. The molecule has 2 aromatic carbocycles.